The minimum Gasteiger partial charge on any atom is -0.324 e. The van der Waals surface area contributed by atoms with Crippen molar-refractivity contribution in [3.05, 3.63) is 65.7 Å². The summed E-state index contributed by atoms with van der Waals surface area (Å²) in [4.78, 5) is 12.2. The number of nitrogens with one attached hydrogen (secondary N) is 2. The van der Waals surface area contributed by atoms with E-state index in [1.165, 1.54) is 5.56 Å². The molecule has 3 nitrogen and oxygen atoms in total. The van der Waals surface area contributed by atoms with Gasteiger partial charge in [0.05, 0.1) is 0 Å². The van der Waals surface area contributed by atoms with Crippen molar-refractivity contribution in [1.29, 1.82) is 0 Å². The second-order valence-electron chi connectivity index (χ2n) is 4.37. The molecule has 0 aromatic heterocycles. The van der Waals surface area contributed by atoms with E-state index in [1.54, 1.807) is 0 Å². The first-order chi connectivity index (χ1) is 8.84. The highest BCUT2D eigenvalue weighted by Gasteiger charge is 2.27. The molecule has 0 fully saturated rings. The standard InChI is InChI=1S/C15H14N2O/c18-15(17-12-7-2-1-3-8-12)14-13-9-5-4-6-11(13)10-16-14/h1-9,14,16H,10H2,(H,17,18). The van der Waals surface area contributed by atoms with Gasteiger partial charge < -0.3 is 5.32 Å². The monoisotopic (exact) mass is 238 g/mol. The minimum absolute atomic E-state index is 0.00819. The number of carbonyl (C=O) groups excluding carboxylic acids is 1. The Hall–Kier alpha value is -2.13. The molecule has 2 N–H and O–H groups in total. The normalized spacial score (nSPS) is 17.2. The van der Waals surface area contributed by atoms with Crippen LogP contribution in [0.1, 0.15) is 17.2 Å². The van der Waals surface area contributed by atoms with Gasteiger partial charge in [-0.1, -0.05) is 42.5 Å². The summed E-state index contributed by atoms with van der Waals surface area (Å²) in [5, 5.41) is 6.15. The Labute approximate surface area is 106 Å². The molecule has 1 amide bonds. The highest BCUT2D eigenvalue weighted by atomic mass is 16.2. The molecule has 0 radical (unpaired) electrons. The number of benzene rings is 2. The summed E-state index contributed by atoms with van der Waals surface area (Å²) in [5.41, 5.74) is 3.10. The predicted molar refractivity (Wildman–Crippen MR) is 71.1 cm³/mol. The molecule has 2 aromatic rings. The third kappa shape index (κ3) is 2.00. The second-order valence-corrected chi connectivity index (χ2v) is 4.37. The van der Waals surface area contributed by atoms with Crippen LogP contribution in [-0.4, -0.2) is 5.91 Å². The number of hydrogen-bond donors (Lipinski definition) is 2. The lowest BCUT2D eigenvalue weighted by atomic mass is 10.0. The zero-order valence-electron chi connectivity index (χ0n) is 9.89. The highest BCUT2D eigenvalue weighted by molar-refractivity contribution is 5.96. The summed E-state index contributed by atoms with van der Waals surface area (Å²) in [7, 11) is 0. The van der Waals surface area contributed by atoms with Gasteiger partial charge in [-0.25, -0.2) is 0 Å². The second kappa shape index (κ2) is 4.63. The zero-order chi connectivity index (χ0) is 12.4. The average Bonchev–Trinajstić information content (AvgIpc) is 2.84. The molecule has 0 saturated heterocycles. The molecule has 0 spiro atoms. The molecule has 1 heterocycles. The quantitative estimate of drug-likeness (QED) is 0.844. The number of anilines is 1. The van der Waals surface area contributed by atoms with Gasteiger partial charge >= 0.3 is 0 Å². The van der Waals surface area contributed by atoms with Gasteiger partial charge in [0.1, 0.15) is 6.04 Å². The van der Waals surface area contributed by atoms with Gasteiger partial charge in [0.2, 0.25) is 5.91 Å². The lowest BCUT2D eigenvalue weighted by Crippen LogP contribution is -2.27. The Kier molecular flexibility index (Phi) is 2.82. The summed E-state index contributed by atoms with van der Waals surface area (Å²) in [6.07, 6.45) is 0. The molecule has 3 rings (SSSR count). The van der Waals surface area contributed by atoms with Crippen molar-refractivity contribution in [1.82, 2.24) is 5.32 Å². The van der Waals surface area contributed by atoms with Crippen LogP contribution in [0.25, 0.3) is 0 Å². The highest BCUT2D eigenvalue weighted by Crippen LogP contribution is 2.25. The fourth-order valence-electron chi connectivity index (χ4n) is 2.27. The number of hydrogen-bond acceptors (Lipinski definition) is 2. The van der Waals surface area contributed by atoms with Crippen LogP contribution in [0.3, 0.4) is 0 Å². The first-order valence-electron chi connectivity index (χ1n) is 6.02. The Morgan fingerprint density at radius 1 is 1.06 bits per heavy atom. The van der Waals surface area contributed by atoms with Crippen LogP contribution in [0.2, 0.25) is 0 Å². The van der Waals surface area contributed by atoms with Gasteiger partial charge in [0.25, 0.3) is 0 Å². The largest absolute Gasteiger partial charge is 0.324 e. The lowest BCUT2D eigenvalue weighted by molar-refractivity contribution is -0.118. The Morgan fingerprint density at radius 3 is 2.61 bits per heavy atom. The van der Waals surface area contributed by atoms with E-state index in [-0.39, 0.29) is 11.9 Å². The molecule has 3 heteroatoms. The van der Waals surface area contributed by atoms with Crippen LogP contribution < -0.4 is 10.6 Å². The van der Waals surface area contributed by atoms with Crippen LogP contribution >= 0.6 is 0 Å². The first-order valence-corrected chi connectivity index (χ1v) is 6.02. The first kappa shape index (κ1) is 11.0. The van der Waals surface area contributed by atoms with Gasteiger partial charge in [-0.05, 0) is 23.3 Å². The van der Waals surface area contributed by atoms with Crippen molar-refractivity contribution < 1.29 is 4.79 Å². The van der Waals surface area contributed by atoms with Crippen LogP contribution in [0, 0.1) is 0 Å². The van der Waals surface area contributed by atoms with E-state index >= 15 is 0 Å². The maximum Gasteiger partial charge on any atom is 0.246 e. The Bertz CT molecular complexity index is 566. The SMILES string of the molecule is O=C(Nc1ccccc1)C1NCc2ccccc21. The maximum atomic E-state index is 12.2. The van der Waals surface area contributed by atoms with Gasteiger partial charge in [-0.3, -0.25) is 10.1 Å². The average molecular weight is 238 g/mol. The molecule has 1 atom stereocenters. The summed E-state index contributed by atoms with van der Waals surface area (Å²) in [6.45, 7) is 0.753. The smallest absolute Gasteiger partial charge is 0.246 e. The molecular weight excluding hydrogens is 224 g/mol. The van der Waals surface area contributed by atoms with E-state index in [9.17, 15) is 4.79 Å². The maximum absolute atomic E-state index is 12.2. The van der Waals surface area contributed by atoms with Crippen molar-refractivity contribution in [2.24, 2.45) is 0 Å². The molecule has 1 aliphatic rings. The number of para-hydroxylation sites is 1. The summed E-state index contributed by atoms with van der Waals surface area (Å²) in [5.74, 6) is -0.00819. The third-order valence-corrected chi connectivity index (χ3v) is 3.17. The Balaban J connectivity index is 1.79. The molecule has 0 bridgehead atoms. The van der Waals surface area contributed by atoms with Crippen molar-refractivity contribution in [2.75, 3.05) is 5.32 Å². The summed E-state index contributed by atoms with van der Waals surface area (Å²) < 4.78 is 0. The molecule has 0 saturated carbocycles. The third-order valence-electron chi connectivity index (χ3n) is 3.17. The number of fused-ring (bicyclic) bond motifs is 1. The van der Waals surface area contributed by atoms with E-state index in [1.807, 2.05) is 48.5 Å². The fourth-order valence-corrected chi connectivity index (χ4v) is 2.27. The Morgan fingerprint density at radius 2 is 1.78 bits per heavy atom. The van der Waals surface area contributed by atoms with Crippen molar-refractivity contribution in [3.63, 3.8) is 0 Å². The minimum atomic E-state index is -0.249. The van der Waals surface area contributed by atoms with E-state index in [0.717, 1.165) is 17.8 Å². The van der Waals surface area contributed by atoms with Crippen LogP contribution in [0.5, 0.6) is 0 Å². The van der Waals surface area contributed by atoms with Crippen molar-refractivity contribution in [3.8, 4) is 0 Å². The lowest BCUT2D eigenvalue weighted by Gasteiger charge is -2.12. The van der Waals surface area contributed by atoms with Crippen LogP contribution in [-0.2, 0) is 11.3 Å². The predicted octanol–water partition coefficient (Wildman–Crippen LogP) is 2.47. The van der Waals surface area contributed by atoms with Gasteiger partial charge in [-0.2, -0.15) is 0 Å². The van der Waals surface area contributed by atoms with Crippen molar-refractivity contribution >= 4 is 11.6 Å². The molecule has 1 unspecified atom stereocenters. The van der Waals surface area contributed by atoms with E-state index in [4.69, 9.17) is 0 Å². The molecule has 0 aliphatic carbocycles. The topological polar surface area (TPSA) is 41.1 Å². The molecule has 90 valence electrons. The summed E-state index contributed by atoms with van der Waals surface area (Å²) >= 11 is 0. The van der Waals surface area contributed by atoms with E-state index in [0.29, 0.717) is 0 Å². The number of amides is 1. The van der Waals surface area contributed by atoms with Gasteiger partial charge in [0.15, 0.2) is 0 Å². The fraction of sp³-hybridized carbons (Fsp3) is 0.133. The molecule has 1 aliphatic heterocycles. The van der Waals surface area contributed by atoms with Crippen LogP contribution in [0.4, 0.5) is 5.69 Å². The van der Waals surface area contributed by atoms with Crippen molar-refractivity contribution in [2.45, 2.75) is 12.6 Å². The molecular formula is C15H14N2O. The molecule has 18 heavy (non-hydrogen) atoms. The van der Waals surface area contributed by atoms with Crippen LogP contribution in [0.15, 0.2) is 54.6 Å². The number of carbonyl (C=O) groups is 1. The molecule has 2 aromatic carbocycles. The number of rotatable bonds is 2. The van der Waals surface area contributed by atoms with Gasteiger partial charge in [-0.15, -0.1) is 0 Å². The van der Waals surface area contributed by atoms with Gasteiger partial charge in [0, 0.05) is 12.2 Å². The zero-order valence-corrected chi connectivity index (χ0v) is 9.89. The summed E-state index contributed by atoms with van der Waals surface area (Å²) in [6, 6.07) is 17.3. The van der Waals surface area contributed by atoms with E-state index < -0.39 is 0 Å². The van der Waals surface area contributed by atoms with E-state index in [2.05, 4.69) is 16.7 Å².